The third kappa shape index (κ3) is 4.06. The molecule has 1 saturated heterocycles. The molecular formula is C13H16ClFN2O3. The van der Waals surface area contributed by atoms with Crippen LogP contribution in [0.2, 0.25) is 5.02 Å². The van der Waals surface area contributed by atoms with Crippen LogP contribution in [0.15, 0.2) is 18.2 Å². The zero-order valence-corrected chi connectivity index (χ0v) is 11.5. The lowest BCUT2D eigenvalue weighted by atomic mass is 10.1. The van der Waals surface area contributed by atoms with Gasteiger partial charge in [0.2, 0.25) is 0 Å². The molecule has 0 bridgehead atoms. The maximum Gasteiger partial charge on any atom is 0.315 e. The molecule has 20 heavy (non-hydrogen) atoms. The van der Waals surface area contributed by atoms with Crippen LogP contribution in [0.1, 0.15) is 18.1 Å². The molecule has 0 saturated carbocycles. The predicted molar refractivity (Wildman–Crippen MR) is 72.1 cm³/mol. The molecule has 1 heterocycles. The van der Waals surface area contributed by atoms with Gasteiger partial charge in [-0.05, 0) is 24.1 Å². The third-order valence-corrected chi connectivity index (χ3v) is 3.36. The molecule has 5 nitrogen and oxygen atoms in total. The number of amides is 2. The summed E-state index contributed by atoms with van der Waals surface area (Å²) in [7, 11) is 0. The normalized spacial score (nSPS) is 19.6. The van der Waals surface area contributed by atoms with Gasteiger partial charge in [-0.2, -0.15) is 0 Å². The van der Waals surface area contributed by atoms with E-state index in [1.807, 2.05) is 0 Å². The zero-order valence-electron chi connectivity index (χ0n) is 10.7. The molecular weight excluding hydrogens is 287 g/mol. The molecule has 2 atom stereocenters. The number of benzene rings is 1. The number of urea groups is 1. The summed E-state index contributed by atoms with van der Waals surface area (Å²) in [6.07, 6.45) is -0.217. The van der Waals surface area contributed by atoms with E-state index in [2.05, 4.69) is 10.6 Å². The quantitative estimate of drug-likeness (QED) is 0.791. The molecule has 1 aromatic carbocycles. The highest BCUT2D eigenvalue weighted by molar-refractivity contribution is 6.30. The molecule has 0 aliphatic carbocycles. The van der Waals surface area contributed by atoms with Crippen molar-refractivity contribution in [3.63, 3.8) is 0 Å². The van der Waals surface area contributed by atoms with E-state index in [1.54, 1.807) is 0 Å². The molecule has 0 aromatic heterocycles. The molecule has 2 rings (SSSR count). The van der Waals surface area contributed by atoms with Gasteiger partial charge in [-0.1, -0.05) is 17.7 Å². The monoisotopic (exact) mass is 302 g/mol. The van der Waals surface area contributed by atoms with Crippen LogP contribution in [0.4, 0.5) is 9.18 Å². The lowest BCUT2D eigenvalue weighted by molar-refractivity contribution is 0.170. The van der Waals surface area contributed by atoms with Gasteiger partial charge >= 0.3 is 6.03 Å². The summed E-state index contributed by atoms with van der Waals surface area (Å²) in [5.41, 5.74) is 0.358. The fourth-order valence-corrected chi connectivity index (χ4v) is 2.03. The fraction of sp³-hybridized carbons (Fsp3) is 0.462. The molecule has 1 fully saturated rings. The second-order valence-electron chi connectivity index (χ2n) is 4.60. The van der Waals surface area contributed by atoms with Gasteiger partial charge in [-0.3, -0.25) is 0 Å². The fourth-order valence-electron chi connectivity index (χ4n) is 1.91. The number of hydrogen-bond donors (Lipinski definition) is 3. The zero-order chi connectivity index (χ0) is 14.5. The van der Waals surface area contributed by atoms with Crippen LogP contribution >= 0.6 is 11.6 Å². The maximum absolute atomic E-state index is 13.3. The smallest absolute Gasteiger partial charge is 0.315 e. The minimum absolute atomic E-state index is 0.000110. The van der Waals surface area contributed by atoms with Crippen molar-refractivity contribution in [2.45, 2.75) is 18.6 Å². The Hall–Kier alpha value is -1.37. The molecule has 110 valence electrons. The maximum atomic E-state index is 13.3. The molecule has 0 spiro atoms. The van der Waals surface area contributed by atoms with E-state index < -0.39 is 11.9 Å². The summed E-state index contributed by atoms with van der Waals surface area (Å²) in [6.45, 7) is 1.12. The van der Waals surface area contributed by atoms with Gasteiger partial charge in [0.1, 0.15) is 5.82 Å². The molecule has 1 aliphatic heterocycles. The molecule has 1 aliphatic rings. The number of carbonyl (C=O) groups is 1. The van der Waals surface area contributed by atoms with Gasteiger partial charge in [0.15, 0.2) is 0 Å². The first-order valence-corrected chi connectivity index (χ1v) is 6.69. The van der Waals surface area contributed by atoms with Crippen LogP contribution < -0.4 is 10.6 Å². The molecule has 1 aromatic rings. The van der Waals surface area contributed by atoms with Gasteiger partial charge in [-0.15, -0.1) is 0 Å². The highest BCUT2D eigenvalue weighted by Crippen LogP contribution is 2.19. The van der Waals surface area contributed by atoms with Crippen LogP contribution in [-0.4, -0.2) is 36.9 Å². The predicted octanol–water partition coefficient (Wildman–Crippen LogP) is 1.60. The van der Waals surface area contributed by atoms with Crippen molar-refractivity contribution in [2.75, 3.05) is 19.8 Å². The first kappa shape index (κ1) is 15.0. The van der Waals surface area contributed by atoms with Crippen molar-refractivity contribution < 1.29 is 19.0 Å². The summed E-state index contributed by atoms with van der Waals surface area (Å²) in [5.74, 6) is -0.601. The van der Waals surface area contributed by atoms with Crippen molar-refractivity contribution in [3.05, 3.63) is 34.6 Å². The third-order valence-electron chi connectivity index (χ3n) is 3.05. The van der Waals surface area contributed by atoms with E-state index in [1.165, 1.54) is 12.1 Å². The summed E-state index contributed by atoms with van der Waals surface area (Å²) >= 11 is 5.56. The van der Waals surface area contributed by atoms with Gasteiger partial charge in [0.05, 0.1) is 23.8 Å². The number of aliphatic hydroxyl groups excluding tert-OH is 1. The lowest BCUT2D eigenvalue weighted by Crippen LogP contribution is -2.43. The molecule has 3 N–H and O–H groups in total. The first-order chi connectivity index (χ1) is 9.56. The van der Waals surface area contributed by atoms with E-state index in [0.717, 1.165) is 12.5 Å². The lowest BCUT2D eigenvalue weighted by Gasteiger charge is -2.15. The second-order valence-corrected chi connectivity index (χ2v) is 5.01. The number of carbonyl (C=O) groups excluding carboxylic acids is 1. The van der Waals surface area contributed by atoms with Crippen LogP contribution in [0.3, 0.4) is 0 Å². The van der Waals surface area contributed by atoms with Gasteiger partial charge in [0.25, 0.3) is 0 Å². The van der Waals surface area contributed by atoms with Crippen molar-refractivity contribution >= 4 is 17.6 Å². The Morgan fingerprint density at radius 3 is 3.05 bits per heavy atom. The Labute approximate surface area is 121 Å². The Kier molecular flexibility index (Phi) is 5.17. The SMILES string of the molecule is O=C(NCC(O)c1ccc(Cl)c(F)c1)NC1CCOC1. The molecule has 7 heteroatoms. The number of nitrogens with one attached hydrogen (secondary N) is 2. The topological polar surface area (TPSA) is 70.6 Å². The molecule has 2 amide bonds. The van der Waals surface area contributed by atoms with Crippen molar-refractivity contribution in [3.8, 4) is 0 Å². The first-order valence-electron chi connectivity index (χ1n) is 6.31. The Balaban J connectivity index is 1.80. The standard InChI is InChI=1S/C13H16ClFN2O3/c14-10-2-1-8(5-11(10)15)12(18)6-16-13(19)17-9-3-4-20-7-9/h1-2,5,9,12,18H,3-4,6-7H2,(H2,16,17,19). The van der Waals surface area contributed by atoms with E-state index in [-0.39, 0.29) is 23.6 Å². The Bertz CT molecular complexity index is 481. The number of rotatable bonds is 4. The summed E-state index contributed by atoms with van der Waals surface area (Å²) in [5, 5.41) is 15.1. The second kappa shape index (κ2) is 6.88. The number of halogens is 2. The number of aliphatic hydroxyl groups is 1. The van der Waals surface area contributed by atoms with Crippen LogP contribution in [0.25, 0.3) is 0 Å². The number of hydrogen-bond acceptors (Lipinski definition) is 3. The molecule has 0 radical (unpaired) electrons. The van der Waals surface area contributed by atoms with Crippen LogP contribution in [0, 0.1) is 5.82 Å². The van der Waals surface area contributed by atoms with E-state index in [9.17, 15) is 14.3 Å². The highest BCUT2D eigenvalue weighted by atomic mass is 35.5. The van der Waals surface area contributed by atoms with Crippen LogP contribution in [-0.2, 0) is 4.74 Å². The largest absolute Gasteiger partial charge is 0.387 e. The van der Waals surface area contributed by atoms with E-state index >= 15 is 0 Å². The van der Waals surface area contributed by atoms with Gasteiger partial charge in [-0.25, -0.2) is 9.18 Å². The summed E-state index contributed by atoms with van der Waals surface area (Å²) in [6, 6.07) is 3.65. The van der Waals surface area contributed by atoms with Crippen molar-refractivity contribution in [1.29, 1.82) is 0 Å². The average Bonchev–Trinajstić information content (AvgIpc) is 2.92. The molecule has 2 unspecified atom stereocenters. The van der Waals surface area contributed by atoms with Gasteiger partial charge < -0.3 is 20.5 Å². The minimum Gasteiger partial charge on any atom is -0.387 e. The summed E-state index contributed by atoms with van der Waals surface area (Å²) < 4.78 is 18.4. The average molecular weight is 303 g/mol. The van der Waals surface area contributed by atoms with Gasteiger partial charge in [0, 0.05) is 13.2 Å². The van der Waals surface area contributed by atoms with Crippen molar-refractivity contribution in [1.82, 2.24) is 10.6 Å². The number of ether oxygens (including phenoxy) is 1. The Morgan fingerprint density at radius 2 is 2.40 bits per heavy atom. The van der Waals surface area contributed by atoms with E-state index in [4.69, 9.17) is 16.3 Å². The minimum atomic E-state index is -0.993. The van der Waals surface area contributed by atoms with Crippen molar-refractivity contribution in [2.24, 2.45) is 0 Å². The van der Waals surface area contributed by atoms with E-state index in [0.29, 0.717) is 18.8 Å². The Morgan fingerprint density at radius 1 is 1.60 bits per heavy atom. The highest BCUT2D eigenvalue weighted by Gasteiger charge is 2.18. The van der Waals surface area contributed by atoms with Crippen LogP contribution in [0.5, 0.6) is 0 Å². The summed E-state index contributed by atoms with van der Waals surface area (Å²) in [4.78, 5) is 11.6.